The lowest BCUT2D eigenvalue weighted by molar-refractivity contribution is -0.118. The van der Waals surface area contributed by atoms with Crippen LogP contribution in [0, 0.1) is 13.8 Å². The van der Waals surface area contributed by atoms with Crippen LogP contribution in [-0.4, -0.2) is 21.9 Å². The van der Waals surface area contributed by atoms with Gasteiger partial charge >= 0.3 is 0 Å². The molecule has 1 N–H and O–H groups in total. The number of aromatic nitrogens is 2. The highest BCUT2D eigenvalue weighted by Crippen LogP contribution is 2.25. The summed E-state index contributed by atoms with van der Waals surface area (Å²) in [6, 6.07) is 16.1. The van der Waals surface area contributed by atoms with Gasteiger partial charge in [-0.1, -0.05) is 30.3 Å². The Morgan fingerprint density at radius 1 is 1.06 bits per heavy atom. The molecule has 0 aliphatic rings. The van der Waals surface area contributed by atoms with Gasteiger partial charge in [-0.15, -0.1) is 11.3 Å². The van der Waals surface area contributed by atoms with Crippen LogP contribution in [0.15, 0.2) is 65.6 Å². The molecule has 31 heavy (non-hydrogen) atoms. The van der Waals surface area contributed by atoms with Gasteiger partial charge in [0.25, 0.3) is 11.5 Å². The maximum atomic E-state index is 12.4. The van der Waals surface area contributed by atoms with Crippen LogP contribution in [0.1, 0.15) is 16.1 Å². The number of aryl methyl sites for hydroxylation is 2. The maximum Gasteiger partial charge on any atom is 0.262 e. The molecule has 2 heterocycles. The van der Waals surface area contributed by atoms with Crippen molar-refractivity contribution in [1.29, 1.82) is 0 Å². The Morgan fingerprint density at radius 3 is 2.61 bits per heavy atom. The third-order valence-electron chi connectivity index (χ3n) is 4.53. The highest BCUT2D eigenvalue weighted by atomic mass is 32.1. The Hall–Kier alpha value is -3.65. The molecule has 8 heteroatoms. The van der Waals surface area contributed by atoms with Gasteiger partial charge in [-0.25, -0.2) is 4.98 Å². The predicted molar refractivity (Wildman–Crippen MR) is 120 cm³/mol. The summed E-state index contributed by atoms with van der Waals surface area (Å²) < 4.78 is 13.0. The van der Waals surface area contributed by atoms with Crippen molar-refractivity contribution in [1.82, 2.24) is 9.38 Å². The average molecular weight is 436 g/mol. The molecule has 7 nitrogen and oxygen atoms in total. The molecule has 0 spiro atoms. The normalized spacial score (nSPS) is 10.8. The number of hydrogen-bond donors (Lipinski definition) is 1. The molecule has 4 aromatic rings. The van der Waals surface area contributed by atoms with E-state index < -0.39 is 0 Å². The minimum atomic E-state index is -0.300. The minimum absolute atomic E-state index is 0.106. The van der Waals surface area contributed by atoms with E-state index >= 15 is 0 Å². The Morgan fingerprint density at radius 2 is 1.81 bits per heavy atom. The molecular weight excluding hydrogens is 414 g/mol. The van der Waals surface area contributed by atoms with Crippen LogP contribution in [0.2, 0.25) is 0 Å². The van der Waals surface area contributed by atoms with Crippen molar-refractivity contribution in [3.63, 3.8) is 0 Å². The topological polar surface area (TPSA) is 81.9 Å². The molecule has 0 bridgehead atoms. The first-order valence-electron chi connectivity index (χ1n) is 9.68. The lowest BCUT2D eigenvalue weighted by Gasteiger charge is -2.13. The van der Waals surface area contributed by atoms with Gasteiger partial charge in [0.1, 0.15) is 18.1 Å². The number of anilines is 1. The van der Waals surface area contributed by atoms with Crippen LogP contribution >= 0.6 is 11.3 Å². The number of ether oxygens (including phenoxy) is 2. The molecule has 0 aliphatic carbocycles. The highest BCUT2D eigenvalue weighted by Gasteiger charge is 2.11. The van der Waals surface area contributed by atoms with E-state index in [9.17, 15) is 9.59 Å². The third-order valence-corrected chi connectivity index (χ3v) is 5.42. The van der Waals surface area contributed by atoms with Gasteiger partial charge in [0.05, 0.1) is 11.4 Å². The summed E-state index contributed by atoms with van der Waals surface area (Å²) >= 11 is 1.44. The maximum absolute atomic E-state index is 12.4. The Labute approximate surface area is 182 Å². The number of carbonyl (C=O) groups is 1. The standard InChI is InChI=1S/C23H21N3O4S/c1-15-7-3-5-9-19(15)30-14-21(27)25-18-8-4-6-10-20(18)29-13-17-11-22(28)26-12-16(2)31-23(26)24-17/h3-12H,13-14H2,1-2H3,(H,25,27). The molecule has 158 valence electrons. The summed E-state index contributed by atoms with van der Waals surface area (Å²) in [5.74, 6) is 0.848. The summed E-state index contributed by atoms with van der Waals surface area (Å²) in [5, 5.41) is 2.81. The van der Waals surface area contributed by atoms with Crippen LogP contribution in [-0.2, 0) is 11.4 Å². The van der Waals surface area contributed by atoms with Gasteiger partial charge in [0, 0.05) is 17.1 Å². The van der Waals surface area contributed by atoms with Crippen molar-refractivity contribution >= 4 is 27.9 Å². The van der Waals surface area contributed by atoms with E-state index in [2.05, 4.69) is 10.3 Å². The number of rotatable bonds is 7. The molecule has 0 aliphatic heterocycles. The van der Waals surface area contributed by atoms with Gasteiger partial charge < -0.3 is 14.8 Å². The number of hydrogen-bond acceptors (Lipinski definition) is 6. The zero-order valence-corrected chi connectivity index (χ0v) is 17.9. The number of para-hydroxylation sites is 3. The zero-order chi connectivity index (χ0) is 21.8. The monoisotopic (exact) mass is 435 g/mol. The van der Waals surface area contributed by atoms with E-state index in [0.29, 0.717) is 27.8 Å². The van der Waals surface area contributed by atoms with Crippen LogP contribution in [0.4, 0.5) is 5.69 Å². The van der Waals surface area contributed by atoms with Gasteiger partial charge in [-0.2, -0.15) is 0 Å². The molecule has 0 unspecified atom stereocenters. The first kappa shape index (κ1) is 20.6. The molecule has 1 amide bonds. The predicted octanol–water partition coefficient (Wildman–Crippen LogP) is 3.97. The molecule has 0 atom stereocenters. The molecule has 0 saturated carbocycles. The van der Waals surface area contributed by atoms with E-state index in [4.69, 9.17) is 9.47 Å². The van der Waals surface area contributed by atoms with Gasteiger partial charge in [-0.05, 0) is 37.6 Å². The number of carbonyl (C=O) groups excluding carboxylic acids is 1. The van der Waals surface area contributed by atoms with Crippen molar-refractivity contribution in [2.24, 2.45) is 0 Å². The second kappa shape index (κ2) is 9.01. The quantitative estimate of drug-likeness (QED) is 0.475. The molecular formula is C23H21N3O4S. The molecule has 2 aromatic carbocycles. The third kappa shape index (κ3) is 4.92. The van der Waals surface area contributed by atoms with E-state index in [0.717, 1.165) is 10.4 Å². The lowest BCUT2D eigenvalue weighted by Crippen LogP contribution is -2.21. The summed E-state index contributed by atoms with van der Waals surface area (Å²) in [5.41, 5.74) is 1.85. The highest BCUT2D eigenvalue weighted by molar-refractivity contribution is 7.16. The van der Waals surface area contributed by atoms with Gasteiger partial charge in [0.2, 0.25) is 0 Å². The first-order chi connectivity index (χ1) is 15.0. The van der Waals surface area contributed by atoms with Crippen LogP contribution in [0.5, 0.6) is 11.5 Å². The largest absolute Gasteiger partial charge is 0.485 e. The second-order valence-electron chi connectivity index (χ2n) is 6.97. The van der Waals surface area contributed by atoms with Gasteiger partial charge in [0.15, 0.2) is 11.6 Å². The average Bonchev–Trinajstić information content (AvgIpc) is 3.13. The zero-order valence-electron chi connectivity index (χ0n) is 17.1. The summed E-state index contributed by atoms with van der Waals surface area (Å²) in [7, 11) is 0. The summed E-state index contributed by atoms with van der Waals surface area (Å²) in [6.45, 7) is 3.84. The van der Waals surface area contributed by atoms with E-state index in [1.807, 2.05) is 44.2 Å². The first-order valence-corrected chi connectivity index (χ1v) is 10.5. The fourth-order valence-electron chi connectivity index (χ4n) is 3.03. The van der Waals surface area contributed by atoms with Crippen molar-refractivity contribution in [3.05, 3.63) is 87.3 Å². The molecule has 4 rings (SSSR count). The van der Waals surface area contributed by atoms with Crippen molar-refractivity contribution < 1.29 is 14.3 Å². The van der Waals surface area contributed by atoms with E-state index in [-0.39, 0.29) is 24.7 Å². The number of fused-ring (bicyclic) bond motifs is 1. The van der Waals surface area contributed by atoms with Gasteiger partial charge in [-0.3, -0.25) is 14.0 Å². The fourth-order valence-corrected chi connectivity index (χ4v) is 3.88. The Bertz CT molecular complexity index is 1300. The Kier molecular flexibility index (Phi) is 5.99. The number of nitrogens with one attached hydrogen (secondary N) is 1. The molecule has 0 radical (unpaired) electrons. The van der Waals surface area contributed by atoms with Crippen LogP contribution in [0.3, 0.4) is 0 Å². The lowest BCUT2D eigenvalue weighted by atomic mass is 10.2. The second-order valence-corrected chi connectivity index (χ2v) is 8.18. The smallest absolute Gasteiger partial charge is 0.262 e. The molecule has 2 aromatic heterocycles. The number of thiazole rings is 1. The molecule has 0 saturated heterocycles. The Balaban J connectivity index is 1.42. The van der Waals surface area contributed by atoms with E-state index in [1.165, 1.54) is 21.8 Å². The van der Waals surface area contributed by atoms with Crippen molar-refractivity contribution in [2.45, 2.75) is 20.5 Å². The number of benzene rings is 2. The fraction of sp³-hybridized carbons (Fsp3) is 0.174. The SMILES string of the molecule is Cc1cn2c(=O)cc(COc3ccccc3NC(=O)COc3ccccc3C)nc2s1. The van der Waals surface area contributed by atoms with E-state index in [1.54, 1.807) is 24.4 Å². The van der Waals surface area contributed by atoms with Crippen LogP contribution in [0.25, 0.3) is 4.96 Å². The number of nitrogens with zero attached hydrogens (tertiary/aromatic N) is 2. The number of amides is 1. The summed E-state index contributed by atoms with van der Waals surface area (Å²) in [4.78, 5) is 30.7. The minimum Gasteiger partial charge on any atom is -0.485 e. The van der Waals surface area contributed by atoms with Crippen molar-refractivity contribution in [3.8, 4) is 11.5 Å². The summed E-state index contributed by atoms with van der Waals surface area (Å²) in [6.07, 6.45) is 1.77. The van der Waals surface area contributed by atoms with Crippen molar-refractivity contribution in [2.75, 3.05) is 11.9 Å². The van der Waals surface area contributed by atoms with Crippen LogP contribution < -0.4 is 20.3 Å². The molecule has 0 fully saturated rings.